The monoisotopic (exact) mass is 325 g/mol. The predicted molar refractivity (Wildman–Crippen MR) is 89.3 cm³/mol. The van der Waals surface area contributed by atoms with Crippen molar-refractivity contribution in [1.82, 2.24) is 4.90 Å². The fraction of sp³-hybridized carbons (Fsp3) is 0.263. The minimum absolute atomic E-state index is 0.126. The Hall–Kier alpha value is -2.82. The van der Waals surface area contributed by atoms with Gasteiger partial charge in [0.15, 0.2) is 0 Å². The molecule has 0 atom stereocenters. The number of carbonyl (C=O) groups is 2. The molecule has 0 spiro atoms. The van der Waals surface area contributed by atoms with Crippen LogP contribution in [0.4, 0.5) is 0 Å². The Morgan fingerprint density at radius 2 is 1.79 bits per heavy atom. The third-order valence-electron chi connectivity index (χ3n) is 4.12. The first-order valence-corrected chi connectivity index (χ1v) is 7.86. The normalized spacial score (nSPS) is 13.4. The lowest BCUT2D eigenvalue weighted by Gasteiger charge is -2.23. The molecule has 2 aromatic carbocycles. The van der Waals surface area contributed by atoms with Crippen molar-refractivity contribution in [3.05, 3.63) is 65.2 Å². The van der Waals surface area contributed by atoms with Crippen LogP contribution in [0, 0.1) is 0 Å². The van der Waals surface area contributed by atoms with Gasteiger partial charge in [0.25, 0.3) is 5.91 Å². The molecule has 0 aliphatic heterocycles. The number of carboxylic acid groups (broad SMARTS) is 1. The lowest BCUT2D eigenvalue weighted by atomic mass is 10.1. The molecule has 5 nitrogen and oxygen atoms in total. The quantitative estimate of drug-likeness (QED) is 0.885. The van der Waals surface area contributed by atoms with Crippen LogP contribution in [0.25, 0.3) is 0 Å². The van der Waals surface area contributed by atoms with Gasteiger partial charge in [0, 0.05) is 18.2 Å². The lowest BCUT2D eigenvalue weighted by molar-refractivity contribution is 0.0697. The van der Waals surface area contributed by atoms with Gasteiger partial charge in [-0.15, -0.1) is 0 Å². The average molecular weight is 325 g/mol. The summed E-state index contributed by atoms with van der Waals surface area (Å²) in [6, 6.07) is 14.1. The molecule has 1 fully saturated rings. The van der Waals surface area contributed by atoms with Crippen LogP contribution in [0.3, 0.4) is 0 Å². The van der Waals surface area contributed by atoms with E-state index in [1.807, 2.05) is 29.2 Å². The molecule has 0 aromatic heterocycles. The Balaban J connectivity index is 1.81. The number of ether oxygens (including phenoxy) is 1. The molecule has 1 N–H and O–H groups in total. The van der Waals surface area contributed by atoms with E-state index in [9.17, 15) is 9.59 Å². The Labute approximate surface area is 140 Å². The van der Waals surface area contributed by atoms with Crippen LogP contribution in [-0.2, 0) is 6.54 Å². The van der Waals surface area contributed by atoms with Gasteiger partial charge in [-0.3, -0.25) is 4.79 Å². The van der Waals surface area contributed by atoms with Crippen molar-refractivity contribution in [2.75, 3.05) is 7.11 Å². The first-order valence-electron chi connectivity index (χ1n) is 7.86. The molecule has 0 unspecified atom stereocenters. The first-order chi connectivity index (χ1) is 11.6. The molecule has 1 aliphatic rings. The Bertz CT molecular complexity index is 750. The van der Waals surface area contributed by atoms with E-state index < -0.39 is 5.97 Å². The number of benzene rings is 2. The van der Waals surface area contributed by atoms with Gasteiger partial charge in [0.05, 0.1) is 12.7 Å². The number of nitrogens with zero attached hydrogens (tertiary/aromatic N) is 1. The van der Waals surface area contributed by atoms with Crippen LogP contribution >= 0.6 is 0 Å². The number of aromatic carboxylic acids is 1. The van der Waals surface area contributed by atoms with E-state index in [1.54, 1.807) is 19.2 Å². The highest BCUT2D eigenvalue weighted by Crippen LogP contribution is 2.30. The second-order valence-corrected chi connectivity index (χ2v) is 5.90. The van der Waals surface area contributed by atoms with Gasteiger partial charge >= 0.3 is 5.97 Å². The zero-order chi connectivity index (χ0) is 17.1. The summed E-state index contributed by atoms with van der Waals surface area (Å²) in [5.41, 5.74) is 1.56. The van der Waals surface area contributed by atoms with Gasteiger partial charge in [0.2, 0.25) is 0 Å². The minimum atomic E-state index is -1.03. The minimum Gasteiger partial charge on any atom is -0.497 e. The average Bonchev–Trinajstić information content (AvgIpc) is 3.44. The SMILES string of the molecule is COc1ccc(CN(C(=O)c2cccc(C(=O)O)c2)C2CC2)cc1. The van der Waals surface area contributed by atoms with Crippen LogP contribution < -0.4 is 4.74 Å². The number of carboxylic acids is 1. The van der Waals surface area contributed by atoms with E-state index in [0.717, 1.165) is 24.2 Å². The van der Waals surface area contributed by atoms with Crippen molar-refractivity contribution in [2.45, 2.75) is 25.4 Å². The standard InChI is InChI=1S/C19H19NO4/c1-24-17-9-5-13(6-10-17)12-20(16-7-8-16)18(21)14-3-2-4-15(11-14)19(22)23/h2-6,9-11,16H,7-8,12H2,1H3,(H,22,23). The van der Waals surface area contributed by atoms with Crippen molar-refractivity contribution >= 4 is 11.9 Å². The summed E-state index contributed by atoms with van der Waals surface area (Å²) in [7, 11) is 1.62. The second kappa shape index (κ2) is 6.74. The summed E-state index contributed by atoms with van der Waals surface area (Å²) in [5, 5.41) is 9.10. The zero-order valence-corrected chi connectivity index (χ0v) is 13.4. The maximum absolute atomic E-state index is 12.8. The van der Waals surface area contributed by atoms with Crippen molar-refractivity contribution in [3.63, 3.8) is 0 Å². The number of hydrogen-bond donors (Lipinski definition) is 1. The summed E-state index contributed by atoms with van der Waals surface area (Å²) >= 11 is 0. The first kappa shape index (κ1) is 16.1. The number of rotatable bonds is 6. The third kappa shape index (κ3) is 3.56. The predicted octanol–water partition coefficient (Wildman–Crippen LogP) is 3.20. The van der Waals surface area contributed by atoms with Crippen LogP contribution in [0.1, 0.15) is 39.1 Å². The highest BCUT2D eigenvalue weighted by Gasteiger charge is 2.33. The van der Waals surface area contributed by atoms with Crippen molar-refractivity contribution in [3.8, 4) is 5.75 Å². The number of carbonyl (C=O) groups excluding carboxylic acids is 1. The van der Waals surface area contributed by atoms with Crippen molar-refractivity contribution < 1.29 is 19.4 Å². The summed E-state index contributed by atoms with van der Waals surface area (Å²) < 4.78 is 5.15. The molecular formula is C19H19NO4. The maximum atomic E-state index is 12.8. The van der Waals surface area contributed by atoms with Crippen LogP contribution in [0.2, 0.25) is 0 Å². The van der Waals surface area contributed by atoms with Crippen molar-refractivity contribution in [2.24, 2.45) is 0 Å². The molecule has 3 rings (SSSR count). The second-order valence-electron chi connectivity index (χ2n) is 5.90. The van der Waals surface area contributed by atoms with E-state index in [1.165, 1.54) is 12.1 Å². The molecule has 1 amide bonds. The molecule has 1 saturated carbocycles. The lowest BCUT2D eigenvalue weighted by Crippen LogP contribution is -2.32. The molecule has 124 valence electrons. The maximum Gasteiger partial charge on any atom is 0.335 e. The fourth-order valence-corrected chi connectivity index (χ4v) is 2.63. The zero-order valence-electron chi connectivity index (χ0n) is 13.4. The number of methoxy groups -OCH3 is 1. The van der Waals surface area contributed by atoms with Crippen molar-refractivity contribution in [1.29, 1.82) is 0 Å². The highest BCUT2D eigenvalue weighted by atomic mass is 16.5. The molecule has 5 heteroatoms. The number of amides is 1. The summed E-state index contributed by atoms with van der Waals surface area (Å²) in [6.45, 7) is 0.505. The van der Waals surface area contributed by atoms with Gasteiger partial charge in [0.1, 0.15) is 5.75 Å². The van der Waals surface area contributed by atoms with E-state index in [2.05, 4.69) is 0 Å². The summed E-state index contributed by atoms with van der Waals surface area (Å²) in [6.07, 6.45) is 1.97. The largest absolute Gasteiger partial charge is 0.497 e. The van der Waals surface area contributed by atoms with Gasteiger partial charge < -0.3 is 14.7 Å². The van der Waals surface area contributed by atoms with Gasteiger partial charge in [-0.1, -0.05) is 18.2 Å². The molecular weight excluding hydrogens is 306 g/mol. The van der Waals surface area contributed by atoms with E-state index >= 15 is 0 Å². The molecule has 0 saturated heterocycles. The molecule has 24 heavy (non-hydrogen) atoms. The van der Waals surface area contributed by atoms with Gasteiger partial charge in [-0.25, -0.2) is 4.79 Å². The molecule has 0 radical (unpaired) electrons. The van der Waals surface area contributed by atoms with Gasteiger partial charge in [-0.2, -0.15) is 0 Å². The molecule has 2 aromatic rings. The van der Waals surface area contributed by atoms with E-state index in [0.29, 0.717) is 12.1 Å². The Kier molecular flexibility index (Phi) is 4.51. The molecule has 1 aliphatic carbocycles. The smallest absolute Gasteiger partial charge is 0.335 e. The fourth-order valence-electron chi connectivity index (χ4n) is 2.63. The topological polar surface area (TPSA) is 66.8 Å². The van der Waals surface area contributed by atoms with Crippen LogP contribution in [0.15, 0.2) is 48.5 Å². The van der Waals surface area contributed by atoms with E-state index in [-0.39, 0.29) is 17.5 Å². The Morgan fingerprint density at radius 3 is 2.38 bits per heavy atom. The highest BCUT2D eigenvalue weighted by molar-refractivity contribution is 5.97. The third-order valence-corrected chi connectivity index (χ3v) is 4.12. The Morgan fingerprint density at radius 1 is 1.12 bits per heavy atom. The van der Waals surface area contributed by atoms with Crippen LogP contribution in [-0.4, -0.2) is 35.0 Å². The van der Waals surface area contributed by atoms with Gasteiger partial charge in [-0.05, 0) is 48.7 Å². The molecule has 0 bridgehead atoms. The number of hydrogen-bond acceptors (Lipinski definition) is 3. The van der Waals surface area contributed by atoms with E-state index in [4.69, 9.17) is 9.84 Å². The van der Waals surface area contributed by atoms with Crippen LogP contribution in [0.5, 0.6) is 5.75 Å². The summed E-state index contributed by atoms with van der Waals surface area (Å²) in [5.74, 6) is -0.383. The molecule has 0 heterocycles. The summed E-state index contributed by atoms with van der Waals surface area (Å²) in [4.78, 5) is 25.8.